The number of nitrogens with two attached hydrogens (primary N) is 1. The molecule has 0 saturated carbocycles. The van der Waals surface area contributed by atoms with Crippen molar-refractivity contribution in [3.63, 3.8) is 0 Å². The summed E-state index contributed by atoms with van der Waals surface area (Å²) in [5.74, 6) is 0.828. The second-order valence-electron chi connectivity index (χ2n) is 5.71. The van der Waals surface area contributed by atoms with E-state index in [9.17, 15) is 0 Å². The van der Waals surface area contributed by atoms with Gasteiger partial charge in [0.2, 0.25) is 5.95 Å². The van der Waals surface area contributed by atoms with E-state index in [2.05, 4.69) is 44.0 Å². The Morgan fingerprint density at radius 1 is 1.38 bits per heavy atom. The zero-order valence-electron chi connectivity index (χ0n) is 11.7. The van der Waals surface area contributed by atoms with Crippen LogP contribution < -0.4 is 10.6 Å². The highest BCUT2D eigenvalue weighted by Crippen LogP contribution is 2.39. The van der Waals surface area contributed by atoms with Crippen LogP contribution in [0.3, 0.4) is 0 Å². The van der Waals surface area contributed by atoms with Gasteiger partial charge in [0.05, 0.1) is 5.69 Å². The van der Waals surface area contributed by atoms with Crippen LogP contribution in [0.1, 0.15) is 24.0 Å². The lowest BCUT2D eigenvalue weighted by Crippen LogP contribution is -2.36. The molecule has 2 aliphatic rings. The van der Waals surface area contributed by atoms with E-state index < -0.39 is 0 Å². The quantitative estimate of drug-likeness (QED) is 0.776. The molecule has 4 nitrogen and oxygen atoms in total. The zero-order chi connectivity index (χ0) is 14.4. The molecule has 0 bridgehead atoms. The van der Waals surface area contributed by atoms with Gasteiger partial charge in [-0.1, -0.05) is 28.1 Å². The molecule has 1 atom stereocenters. The average Bonchev–Trinajstić information content (AvgIpc) is 3.11. The highest BCUT2D eigenvalue weighted by Gasteiger charge is 2.28. The van der Waals surface area contributed by atoms with Crippen LogP contribution in [0.2, 0.25) is 0 Å². The van der Waals surface area contributed by atoms with Crippen molar-refractivity contribution in [1.82, 2.24) is 9.97 Å². The lowest BCUT2D eigenvalue weighted by atomic mass is 10.1. The van der Waals surface area contributed by atoms with Crippen LogP contribution in [-0.4, -0.2) is 29.1 Å². The first kappa shape index (κ1) is 13.2. The summed E-state index contributed by atoms with van der Waals surface area (Å²) in [6.45, 7) is 1.68. The minimum absolute atomic E-state index is 0.381. The van der Waals surface area contributed by atoms with Crippen molar-refractivity contribution in [2.45, 2.75) is 25.3 Å². The predicted octanol–water partition coefficient (Wildman–Crippen LogP) is 2.74. The molecule has 1 aliphatic carbocycles. The van der Waals surface area contributed by atoms with Crippen molar-refractivity contribution in [2.75, 3.05) is 18.0 Å². The molecule has 4 rings (SSSR count). The number of hydrogen-bond donors (Lipinski definition) is 1. The average molecular weight is 345 g/mol. The van der Waals surface area contributed by atoms with E-state index in [4.69, 9.17) is 10.7 Å². The summed E-state index contributed by atoms with van der Waals surface area (Å²) < 4.78 is 1.15. The molecule has 1 aromatic heterocycles. The summed E-state index contributed by atoms with van der Waals surface area (Å²) in [5.41, 5.74) is 10.7. The van der Waals surface area contributed by atoms with Crippen LogP contribution in [0, 0.1) is 0 Å². The Balaban J connectivity index is 1.78. The lowest BCUT2D eigenvalue weighted by Gasteiger charge is -2.23. The predicted molar refractivity (Wildman–Crippen MR) is 87.4 cm³/mol. The number of hydrogen-bond acceptors (Lipinski definition) is 4. The summed E-state index contributed by atoms with van der Waals surface area (Å²) in [4.78, 5) is 11.7. The Bertz CT molecular complexity index is 701. The zero-order valence-corrected chi connectivity index (χ0v) is 13.3. The van der Waals surface area contributed by atoms with E-state index in [-0.39, 0.29) is 0 Å². The van der Waals surface area contributed by atoms with Crippen LogP contribution in [-0.2, 0) is 6.42 Å². The first-order valence-corrected chi connectivity index (χ1v) is 8.17. The van der Waals surface area contributed by atoms with Crippen molar-refractivity contribution in [1.29, 1.82) is 0 Å². The number of fused-ring (bicyclic) bond motifs is 3. The Kier molecular flexibility index (Phi) is 3.19. The molecule has 0 radical (unpaired) electrons. The first-order chi connectivity index (χ1) is 10.3. The fourth-order valence-electron chi connectivity index (χ4n) is 3.39. The van der Waals surface area contributed by atoms with E-state index in [1.54, 1.807) is 0 Å². The monoisotopic (exact) mass is 344 g/mol. The second-order valence-corrected chi connectivity index (χ2v) is 6.57. The fraction of sp³-hybridized carbons (Fsp3) is 0.375. The highest BCUT2D eigenvalue weighted by atomic mass is 79.9. The largest absolute Gasteiger partial charge is 0.337 e. The van der Waals surface area contributed by atoms with Crippen LogP contribution in [0.15, 0.2) is 28.9 Å². The Hall–Kier alpha value is -1.46. The highest BCUT2D eigenvalue weighted by molar-refractivity contribution is 9.10. The molecular weight excluding hydrogens is 328 g/mol. The molecule has 2 heterocycles. The Morgan fingerprint density at radius 2 is 2.29 bits per heavy atom. The summed E-state index contributed by atoms with van der Waals surface area (Å²) >= 11 is 3.64. The van der Waals surface area contributed by atoms with Crippen molar-refractivity contribution in [3.8, 4) is 11.3 Å². The third-order valence-corrected chi connectivity index (χ3v) is 5.24. The minimum atomic E-state index is 0.381. The smallest absolute Gasteiger partial charge is 0.226 e. The van der Waals surface area contributed by atoms with Crippen molar-refractivity contribution in [3.05, 3.63) is 40.0 Å². The third kappa shape index (κ3) is 2.07. The topological polar surface area (TPSA) is 55.0 Å². The molecule has 1 unspecified atom stereocenters. The van der Waals surface area contributed by atoms with E-state index in [0.29, 0.717) is 12.6 Å². The van der Waals surface area contributed by atoms with Gasteiger partial charge in [0, 0.05) is 47.3 Å². The Morgan fingerprint density at radius 3 is 3.14 bits per heavy atom. The summed E-state index contributed by atoms with van der Waals surface area (Å²) in [7, 11) is 0. The molecule has 108 valence electrons. The number of benzene rings is 1. The van der Waals surface area contributed by atoms with Gasteiger partial charge in [-0.05, 0) is 24.5 Å². The van der Waals surface area contributed by atoms with Crippen LogP contribution in [0.4, 0.5) is 5.95 Å². The van der Waals surface area contributed by atoms with Crippen molar-refractivity contribution < 1.29 is 0 Å². The first-order valence-electron chi connectivity index (χ1n) is 7.38. The summed E-state index contributed by atoms with van der Waals surface area (Å²) in [6.07, 6.45) is 5.20. The summed E-state index contributed by atoms with van der Waals surface area (Å²) in [6, 6.07) is 6.68. The van der Waals surface area contributed by atoms with Gasteiger partial charge in [0.25, 0.3) is 0 Å². The van der Waals surface area contributed by atoms with Gasteiger partial charge in [0.1, 0.15) is 0 Å². The van der Waals surface area contributed by atoms with Gasteiger partial charge in [-0.25, -0.2) is 9.97 Å². The van der Waals surface area contributed by atoms with E-state index >= 15 is 0 Å². The third-order valence-electron chi connectivity index (χ3n) is 4.50. The van der Waals surface area contributed by atoms with Gasteiger partial charge < -0.3 is 10.6 Å². The van der Waals surface area contributed by atoms with E-state index in [1.165, 1.54) is 23.1 Å². The molecular formula is C16H17BrN4. The molecule has 1 aliphatic heterocycles. The molecule has 1 fully saturated rings. The van der Waals surface area contributed by atoms with Gasteiger partial charge >= 0.3 is 0 Å². The van der Waals surface area contributed by atoms with Crippen molar-refractivity contribution >= 4 is 21.9 Å². The summed E-state index contributed by atoms with van der Waals surface area (Å²) in [5, 5.41) is 0. The molecule has 1 saturated heterocycles. The second kappa shape index (κ2) is 5.07. The van der Waals surface area contributed by atoms with Gasteiger partial charge in [-0.3, -0.25) is 0 Å². The molecule has 21 heavy (non-hydrogen) atoms. The molecule has 2 aromatic rings. The molecule has 1 aromatic carbocycles. The standard InChI is InChI=1S/C16H17BrN4/c17-14-5-1-4-12-13(14)7-10-9-19-16(20-15(10)12)21-6-2-3-11(21)8-18/h1,4-5,9,11H,2-3,6-8,18H2. The molecule has 5 heteroatoms. The number of rotatable bonds is 2. The Labute approximate surface area is 132 Å². The van der Waals surface area contributed by atoms with E-state index in [1.807, 2.05) is 6.20 Å². The van der Waals surface area contributed by atoms with Crippen LogP contribution >= 0.6 is 15.9 Å². The van der Waals surface area contributed by atoms with Crippen molar-refractivity contribution in [2.24, 2.45) is 5.73 Å². The number of nitrogens with zero attached hydrogens (tertiary/aromatic N) is 3. The number of halogens is 1. The lowest BCUT2D eigenvalue weighted by molar-refractivity contribution is 0.664. The van der Waals surface area contributed by atoms with Gasteiger partial charge in [-0.15, -0.1) is 0 Å². The van der Waals surface area contributed by atoms with E-state index in [0.717, 1.165) is 35.5 Å². The molecule has 0 amide bonds. The number of anilines is 1. The van der Waals surface area contributed by atoms with Crippen LogP contribution in [0.25, 0.3) is 11.3 Å². The van der Waals surface area contributed by atoms with Gasteiger partial charge in [0.15, 0.2) is 0 Å². The maximum absolute atomic E-state index is 5.87. The molecule has 2 N–H and O–H groups in total. The SMILES string of the molecule is NCC1CCCN1c1ncc2c(n1)-c1cccc(Br)c1C2. The molecule has 0 spiro atoms. The normalized spacial score (nSPS) is 19.7. The van der Waals surface area contributed by atoms with Gasteiger partial charge in [-0.2, -0.15) is 0 Å². The fourth-order valence-corrected chi connectivity index (χ4v) is 3.90. The minimum Gasteiger partial charge on any atom is -0.337 e. The van der Waals surface area contributed by atoms with Crippen LogP contribution in [0.5, 0.6) is 0 Å². The maximum Gasteiger partial charge on any atom is 0.226 e. The number of aromatic nitrogens is 2. The maximum atomic E-state index is 5.87.